The Kier molecular flexibility index (Phi) is 3.84. The van der Waals surface area contributed by atoms with Gasteiger partial charge in [0, 0.05) is 31.7 Å². The van der Waals surface area contributed by atoms with E-state index in [1.165, 1.54) is 6.26 Å². The molecule has 7 nitrogen and oxygen atoms in total. The third-order valence-corrected chi connectivity index (χ3v) is 4.78. The Morgan fingerprint density at radius 1 is 1.12 bits per heavy atom. The van der Waals surface area contributed by atoms with Gasteiger partial charge in [0.25, 0.3) is 5.91 Å². The molecule has 1 saturated heterocycles. The van der Waals surface area contributed by atoms with Crippen molar-refractivity contribution in [1.82, 2.24) is 14.9 Å². The number of aryl methyl sites for hydroxylation is 1. The first-order valence-electron chi connectivity index (χ1n) is 8.45. The summed E-state index contributed by atoms with van der Waals surface area (Å²) in [6.07, 6.45) is 5.80. The first kappa shape index (κ1) is 15.0. The van der Waals surface area contributed by atoms with Crippen molar-refractivity contribution in [1.29, 1.82) is 0 Å². The van der Waals surface area contributed by atoms with Crippen LogP contribution in [-0.2, 0) is 12.8 Å². The van der Waals surface area contributed by atoms with Crippen molar-refractivity contribution in [2.45, 2.75) is 25.7 Å². The van der Waals surface area contributed by atoms with Crippen molar-refractivity contribution in [3.63, 3.8) is 0 Å². The number of rotatable bonds is 2. The van der Waals surface area contributed by atoms with E-state index in [4.69, 9.17) is 15.1 Å². The molecule has 2 aliphatic rings. The number of furan rings is 1. The van der Waals surface area contributed by atoms with E-state index in [2.05, 4.69) is 9.88 Å². The minimum atomic E-state index is -0.0643. The largest absolute Gasteiger partial charge is 0.459 e. The summed E-state index contributed by atoms with van der Waals surface area (Å²) in [6, 6.07) is 3.43. The highest BCUT2D eigenvalue weighted by molar-refractivity contribution is 5.91. The van der Waals surface area contributed by atoms with Gasteiger partial charge in [-0.1, -0.05) is 0 Å². The van der Waals surface area contributed by atoms with Crippen LogP contribution in [0.3, 0.4) is 0 Å². The minimum absolute atomic E-state index is 0.0643. The SMILES string of the molecule is Nc1nc(N2CCN(C(=O)c3ccco3)CC2)nc2c1CCCC2. The summed E-state index contributed by atoms with van der Waals surface area (Å²) in [7, 11) is 0. The summed E-state index contributed by atoms with van der Waals surface area (Å²) in [4.78, 5) is 25.5. The predicted octanol–water partition coefficient (Wildman–Crippen LogP) is 1.49. The normalized spacial score (nSPS) is 17.7. The second-order valence-corrected chi connectivity index (χ2v) is 6.30. The van der Waals surface area contributed by atoms with Gasteiger partial charge in [-0.15, -0.1) is 0 Å². The molecule has 0 unspecified atom stereocenters. The van der Waals surface area contributed by atoms with Gasteiger partial charge in [-0.25, -0.2) is 4.98 Å². The maximum Gasteiger partial charge on any atom is 0.289 e. The summed E-state index contributed by atoms with van der Waals surface area (Å²) in [6.45, 7) is 2.65. The summed E-state index contributed by atoms with van der Waals surface area (Å²) < 4.78 is 5.19. The van der Waals surface area contributed by atoms with E-state index in [1.807, 2.05) is 0 Å². The first-order chi connectivity index (χ1) is 11.7. The van der Waals surface area contributed by atoms with Gasteiger partial charge in [-0.3, -0.25) is 4.79 Å². The van der Waals surface area contributed by atoms with Crippen molar-refractivity contribution in [2.75, 3.05) is 36.8 Å². The molecule has 0 aromatic carbocycles. The second-order valence-electron chi connectivity index (χ2n) is 6.30. The molecule has 0 bridgehead atoms. The Labute approximate surface area is 140 Å². The van der Waals surface area contributed by atoms with Gasteiger partial charge in [0.05, 0.1) is 12.0 Å². The van der Waals surface area contributed by atoms with E-state index < -0.39 is 0 Å². The van der Waals surface area contributed by atoms with Crippen molar-refractivity contribution >= 4 is 17.7 Å². The predicted molar refractivity (Wildman–Crippen MR) is 89.9 cm³/mol. The molecule has 126 valence electrons. The Hall–Kier alpha value is -2.57. The molecule has 4 rings (SSSR count). The van der Waals surface area contributed by atoms with Crippen molar-refractivity contribution in [3.8, 4) is 0 Å². The number of nitrogens with zero attached hydrogens (tertiary/aromatic N) is 4. The van der Waals surface area contributed by atoms with Crippen molar-refractivity contribution in [2.24, 2.45) is 0 Å². The molecule has 3 heterocycles. The van der Waals surface area contributed by atoms with Gasteiger partial charge in [-0.2, -0.15) is 4.98 Å². The fraction of sp³-hybridized carbons (Fsp3) is 0.471. The standard InChI is InChI=1S/C17H21N5O2/c18-15-12-4-1-2-5-13(12)19-17(20-15)22-9-7-21(8-10-22)16(23)14-6-3-11-24-14/h3,6,11H,1-2,4-5,7-10H2,(H2,18,19,20). The number of carbonyl (C=O) groups excluding carboxylic acids is 1. The van der Waals surface area contributed by atoms with Gasteiger partial charge in [0.1, 0.15) is 5.82 Å². The number of amides is 1. The lowest BCUT2D eigenvalue weighted by Gasteiger charge is -2.34. The van der Waals surface area contributed by atoms with Crippen LogP contribution >= 0.6 is 0 Å². The number of nitrogen functional groups attached to an aromatic ring is 1. The van der Waals surface area contributed by atoms with Gasteiger partial charge in [0.2, 0.25) is 5.95 Å². The third kappa shape index (κ3) is 2.70. The minimum Gasteiger partial charge on any atom is -0.459 e. The first-order valence-corrected chi connectivity index (χ1v) is 8.45. The van der Waals surface area contributed by atoms with Gasteiger partial charge in [0.15, 0.2) is 5.76 Å². The summed E-state index contributed by atoms with van der Waals surface area (Å²) in [5, 5.41) is 0. The lowest BCUT2D eigenvalue weighted by Crippen LogP contribution is -2.49. The second kappa shape index (κ2) is 6.14. The molecular formula is C17H21N5O2. The molecule has 0 radical (unpaired) electrons. The number of carbonyl (C=O) groups is 1. The van der Waals surface area contributed by atoms with Gasteiger partial charge < -0.3 is 20.0 Å². The summed E-state index contributed by atoms with van der Waals surface area (Å²) in [5.41, 5.74) is 8.35. The molecule has 24 heavy (non-hydrogen) atoms. The van der Waals surface area contributed by atoms with E-state index >= 15 is 0 Å². The summed E-state index contributed by atoms with van der Waals surface area (Å²) in [5.74, 6) is 1.63. The lowest BCUT2D eigenvalue weighted by molar-refractivity contribution is 0.0714. The molecule has 2 aromatic heterocycles. The topological polar surface area (TPSA) is 88.5 Å². The highest BCUT2D eigenvalue weighted by Gasteiger charge is 2.26. The smallest absolute Gasteiger partial charge is 0.289 e. The monoisotopic (exact) mass is 327 g/mol. The Balaban J connectivity index is 1.46. The zero-order valence-electron chi connectivity index (χ0n) is 13.6. The van der Waals surface area contributed by atoms with Gasteiger partial charge >= 0.3 is 0 Å². The Morgan fingerprint density at radius 3 is 2.67 bits per heavy atom. The van der Waals surface area contributed by atoms with E-state index in [1.54, 1.807) is 17.0 Å². The molecule has 7 heteroatoms. The van der Waals surface area contributed by atoms with Crippen LogP contribution in [0.5, 0.6) is 0 Å². The fourth-order valence-corrected chi connectivity index (χ4v) is 3.42. The number of fused-ring (bicyclic) bond motifs is 1. The van der Waals surface area contributed by atoms with E-state index in [9.17, 15) is 4.79 Å². The molecule has 2 N–H and O–H groups in total. The average molecular weight is 327 g/mol. The van der Waals surface area contributed by atoms with Crippen LogP contribution in [0.25, 0.3) is 0 Å². The van der Waals surface area contributed by atoms with E-state index in [0.717, 1.165) is 36.9 Å². The van der Waals surface area contributed by atoms with Gasteiger partial charge in [-0.05, 0) is 37.8 Å². The molecule has 1 amide bonds. The molecule has 0 spiro atoms. The molecule has 0 saturated carbocycles. The van der Waals surface area contributed by atoms with Crippen LogP contribution in [0.2, 0.25) is 0 Å². The molecule has 1 aliphatic carbocycles. The quantitative estimate of drug-likeness (QED) is 0.899. The van der Waals surface area contributed by atoms with Crippen molar-refractivity contribution < 1.29 is 9.21 Å². The average Bonchev–Trinajstić information content (AvgIpc) is 3.16. The third-order valence-electron chi connectivity index (χ3n) is 4.78. The zero-order valence-corrected chi connectivity index (χ0v) is 13.6. The zero-order chi connectivity index (χ0) is 16.5. The fourth-order valence-electron chi connectivity index (χ4n) is 3.42. The molecule has 1 fully saturated rings. The lowest BCUT2D eigenvalue weighted by atomic mass is 9.96. The van der Waals surface area contributed by atoms with Crippen LogP contribution in [0.4, 0.5) is 11.8 Å². The maximum atomic E-state index is 12.3. The number of nitrogens with two attached hydrogens (primary N) is 1. The van der Waals surface area contributed by atoms with E-state index in [0.29, 0.717) is 43.7 Å². The molecular weight excluding hydrogens is 306 g/mol. The van der Waals surface area contributed by atoms with Crippen LogP contribution < -0.4 is 10.6 Å². The molecule has 2 aromatic rings. The van der Waals surface area contributed by atoms with Crippen LogP contribution in [0.1, 0.15) is 34.7 Å². The van der Waals surface area contributed by atoms with Crippen LogP contribution in [-0.4, -0.2) is 47.0 Å². The summed E-state index contributed by atoms with van der Waals surface area (Å²) >= 11 is 0. The molecule has 0 atom stereocenters. The highest BCUT2D eigenvalue weighted by Crippen LogP contribution is 2.26. The number of aromatic nitrogens is 2. The van der Waals surface area contributed by atoms with E-state index in [-0.39, 0.29) is 5.91 Å². The number of piperazine rings is 1. The molecule has 1 aliphatic heterocycles. The number of hydrogen-bond acceptors (Lipinski definition) is 6. The van der Waals surface area contributed by atoms with Crippen LogP contribution in [0, 0.1) is 0 Å². The van der Waals surface area contributed by atoms with Crippen LogP contribution in [0.15, 0.2) is 22.8 Å². The maximum absolute atomic E-state index is 12.3. The number of hydrogen-bond donors (Lipinski definition) is 1. The Morgan fingerprint density at radius 2 is 1.92 bits per heavy atom. The Bertz CT molecular complexity index is 736. The highest BCUT2D eigenvalue weighted by atomic mass is 16.3. The number of anilines is 2. The van der Waals surface area contributed by atoms with Crippen molar-refractivity contribution in [3.05, 3.63) is 35.4 Å².